The molecule has 1 aromatic carbocycles. The zero-order chi connectivity index (χ0) is 16.3. The van der Waals surface area contributed by atoms with Crippen molar-refractivity contribution in [3.63, 3.8) is 0 Å². The summed E-state index contributed by atoms with van der Waals surface area (Å²) in [5.41, 5.74) is 6.68. The Bertz CT molecular complexity index is 563. The fourth-order valence-electron chi connectivity index (χ4n) is 3.26. The predicted octanol–water partition coefficient (Wildman–Crippen LogP) is 1.51. The molecule has 0 aliphatic heterocycles. The Labute approximate surface area is 131 Å². The van der Waals surface area contributed by atoms with Gasteiger partial charge in [0, 0.05) is 0 Å². The van der Waals surface area contributed by atoms with E-state index in [4.69, 9.17) is 5.73 Å². The molecular weight excluding hydrogens is 278 g/mol. The lowest BCUT2D eigenvalue weighted by molar-refractivity contribution is -0.134. The molecule has 0 spiro atoms. The van der Waals surface area contributed by atoms with Crippen molar-refractivity contribution >= 4 is 11.8 Å². The van der Waals surface area contributed by atoms with Crippen LogP contribution in [0.3, 0.4) is 0 Å². The summed E-state index contributed by atoms with van der Waals surface area (Å²) in [7, 11) is 3.73. The summed E-state index contributed by atoms with van der Waals surface area (Å²) in [6.07, 6.45) is 3.09. The summed E-state index contributed by atoms with van der Waals surface area (Å²) < 4.78 is 0. The molecule has 0 bridgehead atoms. The Morgan fingerprint density at radius 1 is 1.23 bits per heavy atom. The maximum Gasteiger partial charge on any atom is 0.243 e. The highest BCUT2D eigenvalue weighted by Crippen LogP contribution is 2.31. The first-order chi connectivity index (χ1) is 10.4. The van der Waals surface area contributed by atoms with Gasteiger partial charge in [0.1, 0.15) is 11.6 Å². The number of nitrogens with two attached hydrogens (primary N) is 1. The minimum atomic E-state index is -0.881. The SMILES string of the molecule is Cc1ccccc1[C@H](C(=O)NC1(C(N)=O)CCCC1)N(C)C. The quantitative estimate of drug-likeness (QED) is 0.866. The molecule has 22 heavy (non-hydrogen) atoms. The van der Waals surface area contributed by atoms with Gasteiger partial charge >= 0.3 is 0 Å². The smallest absolute Gasteiger partial charge is 0.243 e. The van der Waals surface area contributed by atoms with E-state index in [9.17, 15) is 9.59 Å². The lowest BCUT2D eigenvalue weighted by Crippen LogP contribution is -2.57. The van der Waals surface area contributed by atoms with E-state index in [0.29, 0.717) is 12.8 Å². The first-order valence-electron chi connectivity index (χ1n) is 7.71. The summed E-state index contributed by atoms with van der Waals surface area (Å²) in [6, 6.07) is 7.37. The highest BCUT2D eigenvalue weighted by atomic mass is 16.2. The number of aryl methyl sites for hydroxylation is 1. The Balaban J connectivity index is 2.28. The average molecular weight is 303 g/mol. The van der Waals surface area contributed by atoms with Gasteiger partial charge in [0.25, 0.3) is 0 Å². The zero-order valence-electron chi connectivity index (χ0n) is 13.6. The van der Waals surface area contributed by atoms with Crippen LogP contribution >= 0.6 is 0 Å². The largest absolute Gasteiger partial charge is 0.368 e. The van der Waals surface area contributed by atoms with E-state index < -0.39 is 17.5 Å². The van der Waals surface area contributed by atoms with Crippen LogP contribution in [0, 0.1) is 6.92 Å². The van der Waals surface area contributed by atoms with Crippen LogP contribution < -0.4 is 11.1 Å². The molecule has 1 aromatic rings. The number of nitrogens with zero attached hydrogens (tertiary/aromatic N) is 1. The molecule has 2 amide bonds. The molecule has 0 radical (unpaired) electrons. The van der Waals surface area contributed by atoms with Gasteiger partial charge in [-0.3, -0.25) is 14.5 Å². The van der Waals surface area contributed by atoms with Gasteiger partial charge in [-0.15, -0.1) is 0 Å². The molecule has 3 N–H and O–H groups in total. The molecule has 2 rings (SSSR count). The topological polar surface area (TPSA) is 75.4 Å². The third-order valence-electron chi connectivity index (χ3n) is 4.54. The summed E-state index contributed by atoms with van der Waals surface area (Å²) in [6.45, 7) is 1.98. The predicted molar refractivity (Wildman–Crippen MR) is 86.1 cm³/mol. The third kappa shape index (κ3) is 3.14. The molecule has 1 atom stereocenters. The molecule has 120 valence electrons. The van der Waals surface area contributed by atoms with E-state index in [1.807, 2.05) is 50.2 Å². The number of rotatable bonds is 5. The molecule has 1 fully saturated rings. The van der Waals surface area contributed by atoms with E-state index in [-0.39, 0.29) is 5.91 Å². The van der Waals surface area contributed by atoms with Crippen LogP contribution in [0.2, 0.25) is 0 Å². The number of hydrogen-bond acceptors (Lipinski definition) is 3. The first-order valence-corrected chi connectivity index (χ1v) is 7.71. The minimum absolute atomic E-state index is 0.167. The Hall–Kier alpha value is -1.88. The van der Waals surface area contributed by atoms with E-state index in [2.05, 4.69) is 5.32 Å². The second kappa shape index (κ2) is 6.48. The number of carbonyl (C=O) groups excluding carboxylic acids is 2. The molecule has 0 aromatic heterocycles. The average Bonchev–Trinajstić information content (AvgIpc) is 2.90. The normalized spacial score (nSPS) is 18.2. The molecule has 0 heterocycles. The maximum absolute atomic E-state index is 12.8. The maximum atomic E-state index is 12.8. The van der Waals surface area contributed by atoms with Crippen LogP contribution in [0.1, 0.15) is 42.9 Å². The van der Waals surface area contributed by atoms with Gasteiger partial charge in [0.2, 0.25) is 11.8 Å². The Kier molecular flexibility index (Phi) is 4.86. The van der Waals surface area contributed by atoms with Crippen molar-refractivity contribution in [2.75, 3.05) is 14.1 Å². The fourth-order valence-corrected chi connectivity index (χ4v) is 3.26. The van der Waals surface area contributed by atoms with Crippen molar-refractivity contribution in [2.45, 2.75) is 44.2 Å². The van der Waals surface area contributed by atoms with Gasteiger partial charge in [-0.25, -0.2) is 0 Å². The van der Waals surface area contributed by atoms with Crippen molar-refractivity contribution < 1.29 is 9.59 Å². The van der Waals surface area contributed by atoms with Gasteiger partial charge in [0.15, 0.2) is 0 Å². The number of nitrogens with one attached hydrogen (secondary N) is 1. The van der Waals surface area contributed by atoms with Crippen molar-refractivity contribution in [1.29, 1.82) is 0 Å². The van der Waals surface area contributed by atoms with Crippen molar-refractivity contribution in [1.82, 2.24) is 10.2 Å². The first kappa shape index (κ1) is 16.5. The van der Waals surface area contributed by atoms with Crippen LogP contribution in [0.15, 0.2) is 24.3 Å². The number of primary amides is 1. The number of likely N-dealkylation sites (N-methyl/N-ethyl adjacent to an activating group) is 1. The van der Waals surface area contributed by atoms with E-state index >= 15 is 0 Å². The van der Waals surface area contributed by atoms with E-state index in [1.165, 1.54) is 0 Å². The second-order valence-electron chi connectivity index (χ2n) is 6.37. The van der Waals surface area contributed by atoms with Crippen molar-refractivity contribution in [2.24, 2.45) is 5.73 Å². The third-order valence-corrected chi connectivity index (χ3v) is 4.54. The number of benzene rings is 1. The lowest BCUT2D eigenvalue weighted by Gasteiger charge is -2.32. The molecule has 0 unspecified atom stereocenters. The van der Waals surface area contributed by atoms with Crippen LogP contribution in [0.4, 0.5) is 0 Å². The number of amides is 2. The minimum Gasteiger partial charge on any atom is -0.368 e. The van der Waals surface area contributed by atoms with E-state index in [0.717, 1.165) is 24.0 Å². The summed E-state index contributed by atoms with van der Waals surface area (Å²) >= 11 is 0. The molecule has 5 heteroatoms. The number of carbonyl (C=O) groups is 2. The molecular formula is C17H25N3O2. The molecule has 5 nitrogen and oxygen atoms in total. The summed E-state index contributed by atoms with van der Waals surface area (Å²) in [5.74, 6) is -0.597. The van der Waals surface area contributed by atoms with Crippen LogP contribution in [0.5, 0.6) is 0 Å². The molecule has 1 saturated carbocycles. The van der Waals surface area contributed by atoms with Crippen molar-refractivity contribution in [3.8, 4) is 0 Å². The standard InChI is InChI=1S/C17H25N3O2/c1-12-8-4-5-9-13(12)14(20(2)3)15(21)19-17(16(18)22)10-6-7-11-17/h4-5,8-9,14H,6-7,10-11H2,1-3H3,(H2,18,22)(H,19,21)/t14-/m1/s1. The zero-order valence-corrected chi connectivity index (χ0v) is 13.6. The van der Waals surface area contributed by atoms with Crippen LogP contribution in [-0.2, 0) is 9.59 Å². The van der Waals surface area contributed by atoms with E-state index in [1.54, 1.807) is 0 Å². The van der Waals surface area contributed by atoms with Gasteiger partial charge in [0.05, 0.1) is 0 Å². The van der Waals surface area contributed by atoms with Gasteiger partial charge in [-0.2, -0.15) is 0 Å². The molecule has 1 aliphatic rings. The summed E-state index contributed by atoms with van der Waals surface area (Å²) in [5, 5.41) is 2.94. The molecule has 0 saturated heterocycles. The van der Waals surface area contributed by atoms with Gasteiger partial charge in [-0.1, -0.05) is 37.1 Å². The Morgan fingerprint density at radius 3 is 2.32 bits per heavy atom. The van der Waals surface area contributed by atoms with Crippen molar-refractivity contribution in [3.05, 3.63) is 35.4 Å². The van der Waals surface area contributed by atoms with Gasteiger partial charge < -0.3 is 11.1 Å². The molecule has 1 aliphatic carbocycles. The highest BCUT2D eigenvalue weighted by Gasteiger charge is 2.42. The highest BCUT2D eigenvalue weighted by molar-refractivity contribution is 5.93. The van der Waals surface area contributed by atoms with Gasteiger partial charge in [-0.05, 0) is 45.0 Å². The lowest BCUT2D eigenvalue weighted by atomic mass is 9.94. The fraction of sp³-hybridized carbons (Fsp3) is 0.529. The second-order valence-corrected chi connectivity index (χ2v) is 6.37. The summed E-state index contributed by atoms with van der Waals surface area (Å²) in [4.78, 5) is 26.6. The van der Waals surface area contributed by atoms with Crippen LogP contribution in [0.25, 0.3) is 0 Å². The Morgan fingerprint density at radius 2 is 1.82 bits per heavy atom. The monoisotopic (exact) mass is 303 g/mol. The number of hydrogen-bond donors (Lipinski definition) is 2. The van der Waals surface area contributed by atoms with Crippen LogP contribution in [-0.4, -0.2) is 36.3 Å².